The first-order valence-corrected chi connectivity index (χ1v) is 10.6. The average molecular weight is 459 g/mol. The van der Waals surface area contributed by atoms with Crippen molar-refractivity contribution >= 4 is 32.8 Å². The molecule has 0 bridgehead atoms. The zero-order valence-corrected chi connectivity index (χ0v) is 17.8. The molecular formula is C22H23BrN2O4. The monoisotopic (exact) mass is 458 g/mol. The Kier molecular flexibility index (Phi) is 5.87. The standard InChI is InChI=1S/C22H23BrN2O4/c1-14-5-8-19(28-14)17(25-9-3-2-4-10-25)13-24-22(27)21-12-18(26)16-7-6-15(23)11-20(16)29-21/h5-8,11-12,17H,2-4,9-10,13H2,1H3,(H,24,27)/t17-/m1/s1. The van der Waals surface area contributed by atoms with Crippen LogP contribution in [0.25, 0.3) is 11.0 Å². The van der Waals surface area contributed by atoms with Crippen LogP contribution >= 0.6 is 15.9 Å². The van der Waals surface area contributed by atoms with Gasteiger partial charge in [-0.2, -0.15) is 0 Å². The number of carbonyl (C=O) groups excluding carboxylic acids is 1. The van der Waals surface area contributed by atoms with Crippen LogP contribution in [0.4, 0.5) is 0 Å². The number of hydrogen-bond acceptors (Lipinski definition) is 5. The van der Waals surface area contributed by atoms with Crippen molar-refractivity contribution in [1.82, 2.24) is 10.2 Å². The van der Waals surface area contributed by atoms with Crippen LogP contribution in [-0.2, 0) is 0 Å². The van der Waals surface area contributed by atoms with Gasteiger partial charge in [-0.3, -0.25) is 14.5 Å². The first kappa shape index (κ1) is 19.9. The number of rotatable bonds is 5. The number of hydrogen-bond donors (Lipinski definition) is 1. The van der Waals surface area contributed by atoms with E-state index < -0.39 is 5.91 Å². The van der Waals surface area contributed by atoms with Crippen LogP contribution in [0.2, 0.25) is 0 Å². The van der Waals surface area contributed by atoms with Gasteiger partial charge in [-0.25, -0.2) is 0 Å². The van der Waals surface area contributed by atoms with Crippen molar-refractivity contribution in [1.29, 1.82) is 0 Å². The molecule has 0 saturated carbocycles. The van der Waals surface area contributed by atoms with Gasteiger partial charge < -0.3 is 14.2 Å². The van der Waals surface area contributed by atoms with E-state index in [1.165, 1.54) is 12.5 Å². The summed E-state index contributed by atoms with van der Waals surface area (Å²) in [5.41, 5.74) is 0.143. The second-order valence-corrected chi connectivity index (χ2v) is 8.30. The van der Waals surface area contributed by atoms with E-state index in [1.807, 2.05) is 19.1 Å². The largest absolute Gasteiger partial charge is 0.465 e. The molecule has 29 heavy (non-hydrogen) atoms. The van der Waals surface area contributed by atoms with E-state index in [4.69, 9.17) is 8.83 Å². The molecule has 3 heterocycles. The molecule has 1 atom stereocenters. The summed E-state index contributed by atoms with van der Waals surface area (Å²) >= 11 is 3.36. The van der Waals surface area contributed by atoms with Gasteiger partial charge in [-0.1, -0.05) is 22.4 Å². The summed E-state index contributed by atoms with van der Waals surface area (Å²) in [5, 5.41) is 3.37. The van der Waals surface area contributed by atoms with Gasteiger partial charge in [0.05, 0.1) is 11.4 Å². The van der Waals surface area contributed by atoms with E-state index in [2.05, 4.69) is 26.1 Å². The summed E-state index contributed by atoms with van der Waals surface area (Å²) in [7, 11) is 0. The maximum absolute atomic E-state index is 12.7. The van der Waals surface area contributed by atoms with Crippen LogP contribution in [0.3, 0.4) is 0 Å². The number of nitrogens with zero attached hydrogens (tertiary/aromatic N) is 1. The van der Waals surface area contributed by atoms with Gasteiger partial charge in [0.2, 0.25) is 0 Å². The summed E-state index contributed by atoms with van der Waals surface area (Å²) in [6.07, 6.45) is 3.50. The van der Waals surface area contributed by atoms with Gasteiger partial charge in [-0.15, -0.1) is 0 Å². The van der Waals surface area contributed by atoms with E-state index in [9.17, 15) is 9.59 Å². The molecule has 1 aromatic carbocycles. The number of amides is 1. The lowest BCUT2D eigenvalue weighted by molar-refractivity contribution is 0.0887. The Balaban J connectivity index is 1.54. The molecule has 3 aromatic rings. The molecule has 0 spiro atoms. The van der Waals surface area contributed by atoms with Crippen LogP contribution < -0.4 is 10.7 Å². The maximum atomic E-state index is 12.7. The van der Waals surface area contributed by atoms with Crippen LogP contribution in [0.5, 0.6) is 0 Å². The van der Waals surface area contributed by atoms with Gasteiger partial charge >= 0.3 is 0 Å². The van der Waals surface area contributed by atoms with Crippen molar-refractivity contribution in [2.24, 2.45) is 0 Å². The van der Waals surface area contributed by atoms with E-state index >= 15 is 0 Å². The van der Waals surface area contributed by atoms with Gasteiger partial charge in [0.15, 0.2) is 11.2 Å². The minimum atomic E-state index is -0.408. The van der Waals surface area contributed by atoms with Crippen LogP contribution in [0.1, 0.15) is 47.4 Å². The van der Waals surface area contributed by atoms with Gasteiger partial charge in [0.1, 0.15) is 17.1 Å². The first-order chi connectivity index (χ1) is 14.0. The zero-order valence-electron chi connectivity index (χ0n) is 16.2. The molecule has 0 aliphatic carbocycles. The molecule has 1 amide bonds. The van der Waals surface area contributed by atoms with Crippen LogP contribution in [0, 0.1) is 6.92 Å². The van der Waals surface area contributed by atoms with E-state index in [1.54, 1.807) is 18.2 Å². The fraction of sp³-hybridized carbons (Fsp3) is 0.364. The quantitative estimate of drug-likeness (QED) is 0.612. The molecule has 2 aromatic heterocycles. The predicted molar refractivity (Wildman–Crippen MR) is 114 cm³/mol. The molecule has 0 radical (unpaired) electrons. The van der Waals surface area contributed by atoms with Crippen LogP contribution in [0.15, 0.2) is 54.5 Å². The Labute approximate surface area is 177 Å². The van der Waals surface area contributed by atoms with Crippen molar-refractivity contribution in [3.8, 4) is 0 Å². The topological polar surface area (TPSA) is 75.7 Å². The molecular weight excluding hydrogens is 436 g/mol. The smallest absolute Gasteiger partial charge is 0.287 e. The molecule has 1 N–H and O–H groups in total. The maximum Gasteiger partial charge on any atom is 0.287 e. The number of benzene rings is 1. The van der Waals surface area contributed by atoms with Crippen molar-refractivity contribution in [3.05, 3.63) is 68.4 Å². The Hall–Kier alpha value is -2.38. The highest BCUT2D eigenvalue weighted by atomic mass is 79.9. The fourth-order valence-corrected chi connectivity index (χ4v) is 4.13. The molecule has 7 heteroatoms. The lowest BCUT2D eigenvalue weighted by Crippen LogP contribution is -2.40. The third-order valence-electron chi connectivity index (χ3n) is 5.29. The molecule has 6 nitrogen and oxygen atoms in total. The zero-order chi connectivity index (χ0) is 20.4. The van der Waals surface area contributed by atoms with Crippen LogP contribution in [-0.4, -0.2) is 30.4 Å². The first-order valence-electron chi connectivity index (χ1n) is 9.83. The van der Waals surface area contributed by atoms with Gasteiger partial charge in [0, 0.05) is 17.1 Å². The summed E-state index contributed by atoms with van der Waals surface area (Å²) < 4.78 is 12.3. The minimum Gasteiger partial charge on any atom is -0.465 e. The summed E-state index contributed by atoms with van der Waals surface area (Å²) in [6.45, 7) is 4.24. The summed E-state index contributed by atoms with van der Waals surface area (Å²) in [4.78, 5) is 27.4. The van der Waals surface area contributed by atoms with E-state index in [0.29, 0.717) is 17.5 Å². The van der Waals surface area contributed by atoms with Crippen molar-refractivity contribution < 1.29 is 13.6 Å². The molecule has 0 unspecified atom stereocenters. The third kappa shape index (κ3) is 4.46. The number of carbonyl (C=O) groups is 1. The second-order valence-electron chi connectivity index (χ2n) is 7.39. The van der Waals surface area contributed by atoms with Crippen molar-refractivity contribution in [2.45, 2.75) is 32.2 Å². The van der Waals surface area contributed by atoms with Gasteiger partial charge in [-0.05, 0) is 63.2 Å². The number of furan rings is 1. The second kappa shape index (κ2) is 8.55. The molecule has 1 aliphatic rings. The molecule has 152 valence electrons. The Morgan fingerprint density at radius 1 is 1.14 bits per heavy atom. The highest BCUT2D eigenvalue weighted by Gasteiger charge is 2.26. The molecule has 1 aliphatic heterocycles. The molecule has 4 rings (SSSR count). The highest BCUT2D eigenvalue weighted by Crippen LogP contribution is 2.26. The number of nitrogens with one attached hydrogen (secondary N) is 1. The predicted octanol–water partition coefficient (Wildman–Crippen LogP) is 4.41. The number of halogens is 1. The summed E-state index contributed by atoms with van der Waals surface area (Å²) in [6, 6.07) is 10.2. The minimum absolute atomic E-state index is 0.00798. The van der Waals surface area contributed by atoms with Crippen molar-refractivity contribution in [3.63, 3.8) is 0 Å². The lowest BCUT2D eigenvalue weighted by atomic mass is 10.1. The molecule has 1 saturated heterocycles. The molecule has 1 fully saturated rings. The SMILES string of the molecule is Cc1ccc([C@@H](CNC(=O)c2cc(=O)c3ccc(Br)cc3o2)N2CCCCC2)o1. The normalized spacial score (nSPS) is 16.1. The number of aryl methyl sites for hydroxylation is 1. The Morgan fingerprint density at radius 2 is 1.93 bits per heavy atom. The summed E-state index contributed by atoms with van der Waals surface area (Å²) in [5.74, 6) is 1.29. The average Bonchev–Trinajstić information content (AvgIpc) is 3.14. The van der Waals surface area contributed by atoms with E-state index in [0.717, 1.165) is 41.9 Å². The fourth-order valence-electron chi connectivity index (χ4n) is 3.79. The Morgan fingerprint density at radius 3 is 2.66 bits per heavy atom. The van der Waals surface area contributed by atoms with Gasteiger partial charge in [0.25, 0.3) is 5.91 Å². The number of fused-ring (bicyclic) bond motifs is 1. The van der Waals surface area contributed by atoms with Crippen molar-refractivity contribution in [2.75, 3.05) is 19.6 Å². The number of likely N-dealkylation sites (tertiary alicyclic amines) is 1. The Bertz CT molecular complexity index is 1080. The van der Waals surface area contributed by atoms with E-state index in [-0.39, 0.29) is 17.2 Å². The lowest BCUT2D eigenvalue weighted by Gasteiger charge is -2.33. The number of piperidine rings is 1. The third-order valence-corrected chi connectivity index (χ3v) is 5.79. The highest BCUT2D eigenvalue weighted by molar-refractivity contribution is 9.10.